The molecule has 0 spiro atoms. The fourth-order valence-electron chi connectivity index (χ4n) is 1.11. The van der Waals surface area contributed by atoms with Gasteiger partial charge in [-0.3, -0.25) is 4.79 Å². The number of aliphatic carboxylic acids is 1. The SMILES string of the molecule is NC(CS(=O)(=O)c1cc(Cl)ccc1Cl)C(=O)O. The highest BCUT2D eigenvalue weighted by molar-refractivity contribution is 7.91. The van der Waals surface area contributed by atoms with E-state index in [-0.39, 0.29) is 14.9 Å². The number of hydrogen-bond donors (Lipinski definition) is 2. The Hall–Kier alpha value is -0.820. The van der Waals surface area contributed by atoms with E-state index in [0.29, 0.717) is 0 Å². The van der Waals surface area contributed by atoms with Crippen LogP contribution in [0.3, 0.4) is 0 Å². The molecule has 1 rings (SSSR count). The Bertz CT molecular complexity index is 544. The molecule has 0 saturated carbocycles. The largest absolute Gasteiger partial charge is 0.480 e. The van der Waals surface area contributed by atoms with Gasteiger partial charge in [-0.15, -0.1) is 0 Å². The maximum atomic E-state index is 11.8. The highest BCUT2D eigenvalue weighted by atomic mass is 35.5. The average Bonchev–Trinajstić information content (AvgIpc) is 2.20. The van der Waals surface area contributed by atoms with E-state index in [2.05, 4.69) is 0 Å². The first kappa shape index (κ1) is 14.2. The molecule has 0 aromatic heterocycles. The summed E-state index contributed by atoms with van der Waals surface area (Å²) >= 11 is 11.4. The smallest absolute Gasteiger partial charge is 0.321 e. The van der Waals surface area contributed by atoms with E-state index in [1.807, 2.05) is 0 Å². The molecule has 0 aliphatic heterocycles. The molecule has 17 heavy (non-hydrogen) atoms. The van der Waals surface area contributed by atoms with Crippen LogP contribution >= 0.6 is 23.2 Å². The predicted octanol–water partition coefficient (Wildman–Crippen LogP) is 1.18. The molecule has 0 bridgehead atoms. The number of hydrogen-bond acceptors (Lipinski definition) is 4. The molecule has 5 nitrogen and oxygen atoms in total. The van der Waals surface area contributed by atoms with Gasteiger partial charge >= 0.3 is 5.97 Å². The number of rotatable bonds is 4. The standard InChI is InChI=1S/C9H9Cl2NO4S/c10-5-1-2-6(11)8(3-5)17(15,16)4-7(12)9(13)14/h1-3,7H,4,12H2,(H,13,14). The van der Waals surface area contributed by atoms with Gasteiger partial charge in [0.2, 0.25) is 0 Å². The van der Waals surface area contributed by atoms with Crippen molar-refractivity contribution in [3.8, 4) is 0 Å². The Morgan fingerprint density at radius 2 is 2.00 bits per heavy atom. The molecule has 94 valence electrons. The van der Waals surface area contributed by atoms with E-state index in [1.165, 1.54) is 12.1 Å². The van der Waals surface area contributed by atoms with Crippen molar-refractivity contribution >= 4 is 39.0 Å². The molecule has 0 saturated heterocycles. The second kappa shape index (κ2) is 5.22. The van der Waals surface area contributed by atoms with Crippen LogP contribution in [0.5, 0.6) is 0 Å². The molecule has 0 radical (unpaired) electrons. The van der Waals surface area contributed by atoms with Crippen molar-refractivity contribution in [1.29, 1.82) is 0 Å². The monoisotopic (exact) mass is 297 g/mol. The van der Waals surface area contributed by atoms with Crippen molar-refractivity contribution in [3.05, 3.63) is 28.2 Å². The van der Waals surface area contributed by atoms with Gasteiger partial charge in [0.15, 0.2) is 9.84 Å². The van der Waals surface area contributed by atoms with Crippen LogP contribution in [0.2, 0.25) is 10.0 Å². The zero-order valence-electron chi connectivity index (χ0n) is 8.43. The Morgan fingerprint density at radius 1 is 1.41 bits per heavy atom. The van der Waals surface area contributed by atoms with Crippen LogP contribution in [0.4, 0.5) is 0 Å². The summed E-state index contributed by atoms with van der Waals surface area (Å²) in [5, 5.41) is 8.74. The molecule has 3 N–H and O–H groups in total. The number of benzene rings is 1. The zero-order valence-corrected chi connectivity index (χ0v) is 10.8. The second-order valence-electron chi connectivity index (χ2n) is 3.30. The highest BCUT2D eigenvalue weighted by Gasteiger charge is 2.25. The van der Waals surface area contributed by atoms with Crippen LogP contribution in [0.1, 0.15) is 0 Å². The molecular weight excluding hydrogens is 289 g/mol. The second-order valence-corrected chi connectivity index (χ2v) is 6.15. The van der Waals surface area contributed by atoms with Gasteiger partial charge in [0, 0.05) is 5.02 Å². The highest BCUT2D eigenvalue weighted by Crippen LogP contribution is 2.26. The van der Waals surface area contributed by atoms with Crippen molar-refractivity contribution in [3.63, 3.8) is 0 Å². The first-order chi connectivity index (χ1) is 7.74. The van der Waals surface area contributed by atoms with Gasteiger partial charge in [0.05, 0.1) is 15.7 Å². The van der Waals surface area contributed by atoms with Crippen LogP contribution in [-0.4, -0.2) is 31.3 Å². The van der Waals surface area contributed by atoms with Crippen LogP contribution in [0, 0.1) is 0 Å². The number of halogens is 2. The third-order valence-electron chi connectivity index (χ3n) is 1.94. The normalized spacial score (nSPS) is 13.4. The van der Waals surface area contributed by atoms with Crippen LogP contribution in [0.15, 0.2) is 23.1 Å². The lowest BCUT2D eigenvalue weighted by Crippen LogP contribution is -2.37. The lowest BCUT2D eigenvalue weighted by Gasteiger charge is -2.09. The molecule has 0 fully saturated rings. The van der Waals surface area contributed by atoms with E-state index < -0.39 is 27.6 Å². The number of sulfone groups is 1. The van der Waals surface area contributed by atoms with Gasteiger partial charge in [-0.2, -0.15) is 0 Å². The minimum Gasteiger partial charge on any atom is -0.480 e. The third-order valence-corrected chi connectivity index (χ3v) is 4.43. The van der Waals surface area contributed by atoms with Crippen molar-refractivity contribution in [2.45, 2.75) is 10.9 Å². The Morgan fingerprint density at radius 3 is 2.53 bits per heavy atom. The molecular formula is C9H9Cl2NO4S. The van der Waals surface area contributed by atoms with Crippen molar-refractivity contribution in [2.24, 2.45) is 5.73 Å². The van der Waals surface area contributed by atoms with E-state index >= 15 is 0 Å². The molecule has 1 unspecified atom stereocenters. The summed E-state index contributed by atoms with van der Waals surface area (Å²) in [4.78, 5) is 10.3. The van der Waals surface area contributed by atoms with E-state index in [0.717, 1.165) is 6.07 Å². The summed E-state index contributed by atoms with van der Waals surface area (Å²) in [6, 6.07) is 2.41. The van der Waals surface area contributed by atoms with Gasteiger partial charge < -0.3 is 10.8 Å². The maximum absolute atomic E-state index is 11.8. The van der Waals surface area contributed by atoms with Gasteiger partial charge in [0.25, 0.3) is 0 Å². The summed E-state index contributed by atoms with van der Waals surface area (Å²) < 4.78 is 23.7. The molecule has 1 aromatic rings. The predicted molar refractivity (Wildman–Crippen MR) is 64.1 cm³/mol. The zero-order chi connectivity index (χ0) is 13.2. The Labute approximate surface area is 108 Å². The lowest BCUT2D eigenvalue weighted by molar-refractivity contribution is -0.137. The Kier molecular flexibility index (Phi) is 4.37. The van der Waals surface area contributed by atoms with Crippen LogP contribution in [-0.2, 0) is 14.6 Å². The Balaban J connectivity index is 3.13. The molecule has 0 aliphatic rings. The molecule has 1 atom stereocenters. The lowest BCUT2D eigenvalue weighted by atomic mass is 10.4. The van der Waals surface area contributed by atoms with E-state index in [9.17, 15) is 13.2 Å². The fourth-order valence-corrected chi connectivity index (χ4v) is 3.29. The molecule has 0 heterocycles. The first-order valence-electron chi connectivity index (χ1n) is 4.40. The van der Waals surface area contributed by atoms with Gasteiger partial charge in [-0.05, 0) is 18.2 Å². The number of nitrogens with two attached hydrogens (primary N) is 1. The van der Waals surface area contributed by atoms with Gasteiger partial charge in [0.1, 0.15) is 6.04 Å². The van der Waals surface area contributed by atoms with Crippen molar-refractivity contribution in [2.75, 3.05) is 5.75 Å². The molecule has 0 amide bonds. The van der Waals surface area contributed by atoms with Gasteiger partial charge in [-0.25, -0.2) is 8.42 Å². The van der Waals surface area contributed by atoms with Gasteiger partial charge in [-0.1, -0.05) is 23.2 Å². The van der Waals surface area contributed by atoms with E-state index in [1.54, 1.807) is 0 Å². The third kappa shape index (κ3) is 3.57. The fraction of sp³-hybridized carbons (Fsp3) is 0.222. The van der Waals surface area contributed by atoms with E-state index in [4.69, 9.17) is 34.0 Å². The number of carbonyl (C=O) groups is 1. The first-order valence-corrected chi connectivity index (χ1v) is 6.81. The maximum Gasteiger partial charge on any atom is 0.321 e. The molecule has 1 aromatic carbocycles. The minimum absolute atomic E-state index is 0.0213. The topological polar surface area (TPSA) is 97.5 Å². The summed E-state index contributed by atoms with van der Waals surface area (Å²) in [5.41, 5.74) is 5.17. The van der Waals surface area contributed by atoms with Crippen molar-refractivity contribution < 1.29 is 18.3 Å². The molecule has 8 heteroatoms. The number of carboxylic acid groups (broad SMARTS) is 1. The van der Waals surface area contributed by atoms with Crippen LogP contribution < -0.4 is 5.73 Å². The average molecular weight is 298 g/mol. The summed E-state index contributed by atoms with van der Waals surface area (Å²) in [5.74, 6) is -2.13. The van der Waals surface area contributed by atoms with Crippen molar-refractivity contribution in [1.82, 2.24) is 0 Å². The number of carboxylic acids is 1. The van der Waals surface area contributed by atoms with Crippen LogP contribution in [0.25, 0.3) is 0 Å². The summed E-state index contributed by atoms with van der Waals surface area (Å²) in [7, 11) is -3.88. The summed E-state index contributed by atoms with van der Waals surface area (Å²) in [6.45, 7) is 0. The quantitative estimate of drug-likeness (QED) is 0.870. The molecule has 0 aliphatic carbocycles. The summed E-state index contributed by atoms with van der Waals surface area (Å²) in [6.07, 6.45) is 0. The minimum atomic E-state index is -3.88.